The summed E-state index contributed by atoms with van der Waals surface area (Å²) in [5.74, 6) is 1.69. The van der Waals surface area contributed by atoms with Crippen LogP contribution in [0.4, 0.5) is 5.95 Å². The van der Waals surface area contributed by atoms with Crippen LogP contribution in [0.15, 0.2) is 60.0 Å². The van der Waals surface area contributed by atoms with Crippen molar-refractivity contribution in [2.24, 2.45) is 7.05 Å². The number of para-hydroxylation sites is 2. The second-order valence-electron chi connectivity index (χ2n) is 7.27. The standard InChI is InChI=1S/C23H23N3O2S/c1-15(2)17-8-10-18(11-9-17)28-13-16-12-21(29-14-16)22(27)25-23-24-19-6-4-5-7-20(19)26(23)3/h4-12,14-15H,13H2,1-3H3,(H,24,25,27). The van der Waals surface area contributed by atoms with Gasteiger partial charge < -0.3 is 9.30 Å². The number of aromatic nitrogens is 2. The number of aryl methyl sites for hydroxylation is 1. The van der Waals surface area contributed by atoms with Crippen LogP contribution in [0.25, 0.3) is 11.0 Å². The predicted molar refractivity (Wildman–Crippen MR) is 118 cm³/mol. The Morgan fingerprint density at radius 3 is 2.66 bits per heavy atom. The molecule has 29 heavy (non-hydrogen) atoms. The highest BCUT2D eigenvalue weighted by atomic mass is 32.1. The molecule has 1 N–H and O–H groups in total. The third kappa shape index (κ3) is 4.17. The number of benzene rings is 2. The van der Waals surface area contributed by atoms with Gasteiger partial charge in [0.2, 0.25) is 5.95 Å². The van der Waals surface area contributed by atoms with Crippen LogP contribution in [0.1, 0.15) is 40.6 Å². The highest BCUT2D eigenvalue weighted by Gasteiger charge is 2.14. The van der Waals surface area contributed by atoms with Crippen molar-refractivity contribution in [3.8, 4) is 5.75 Å². The van der Waals surface area contributed by atoms with Gasteiger partial charge in [-0.3, -0.25) is 10.1 Å². The molecule has 2 aromatic heterocycles. The first-order chi connectivity index (χ1) is 14.0. The number of carbonyl (C=O) groups excluding carboxylic acids is 1. The molecule has 0 aliphatic rings. The highest BCUT2D eigenvalue weighted by Crippen LogP contribution is 2.22. The summed E-state index contributed by atoms with van der Waals surface area (Å²) in [5.41, 5.74) is 4.09. The van der Waals surface area contributed by atoms with Crippen LogP contribution in [0.2, 0.25) is 0 Å². The zero-order valence-corrected chi connectivity index (χ0v) is 17.5. The molecule has 0 spiro atoms. The fourth-order valence-electron chi connectivity index (χ4n) is 3.11. The van der Waals surface area contributed by atoms with Crippen LogP contribution < -0.4 is 10.1 Å². The third-order valence-corrected chi connectivity index (χ3v) is 5.82. The first-order valence-corrected chi connectivity index (χ1v) is 10.4. The Morgan fingerprint density at radius 2 is 1.93 bits per heavy atom. The molecule has 0 bridgehead atoms. The molecule has 5 nitrogen and oxygen atoms in total. The van der Waals surface area contributed by atoms with Gasteiger partial charge in [0.1, 0.15) is 12.4 Å². The molecule has 1 amide bonds. The highest BCUT2D eigenvalue weighted by molar-refractivity contribution is 7.12. The van der Waals surface area contributed by atoms with Crippen molar-refractivity contribution in [1.29, 1.82) is 0 Å². The summed E-state index contributed by atoms with van der Waals surface area (Å²) < 4.78 is 7.74. The lowest BCUT2D eigenvalue weighted by molar-refractivity contribution is 0.102. The number of carbonyl (C=O) groups is 1. The van der Waals surface area contributed by atoms with Crippen molar-refractivity contribution in [2.75, 3.05) is 5.32 Å². The maximum absolute atomic E-state index is 12.6. The SMILES string of the molecule is CC(C)c1ccc(OCc2csc(C(=O)Nc3nc4ccccc4n3C)c2)cc1. The van der Waals surface area contributed by atoms with E-state index in [4.69, 9.17) is 4.74 Å². The predicted octanol–water partition coefficient (Wildman–Crippen LogP) is 5.59. The molecule has 2 heterocycles. The normalized spacial score (nSPS) is 11.2. The minimum atomic E-state index is -0.166. The van der Waals surface area contributed by atoms with Gasteiger partial charge >= 0.3 is 0 Å². The maximum Gasteiger partial charge on any atom is 0.268 e. The summed E-state index contributed by atoms with van der Waals surface area (Å²) in [6.45, 7) is 4.76. The Kier molecular flexibility index (Phi) is 5.36. The molecule has 0 fully saturated rings. The van der Waals surface area contributed by atoms with Crippen molar-refractivity contribution >= 4 is 34.2 Å². The number of hydrogen-bond acceptors (Lipinski definition) is 4. The zero-order chi connectivity index (χ0) is 20.4. The van der Waals surface area contributed by atoms with E-state index in [9.17, 15) is 4.79 Å². The van der Waals surface area contributed by atoms with Crippen LogP contribution in [-0.2, 0) is 13.7 Å². The topological polar surface area (TPSA) is 56.1 Å². The lowest BCUT2D eigenvalue weighted by Gasteiger charge is -2.08. The number of amides is 1. The molecule has 0 aliphatic carbocycles. The van der Waals surface area contributed by atoms with E-state index in [1.54, 1.807) is 0 Å². The average Bonchev–Trinajstić information content (AvgIpc) is 3.32. The van der Waals surface area contributed by atoms with Gasteiger partial charge in [-0.1, -0.05) is 38.1 Å². The van der Waals surface area contributed by atoms with Crippen molar-refractivity contribution in [2.45, 2.75) is 26.4 Å². The van der Waals surface area contributed by atoms with Crippen molar-refractivity contribution < 1.29 is 9.53 Å². The monoisotopic (exact) mass is 405 g/mol. The van der Waals surface area contributed by atoms with Gasteiger partial charge in [-0.25, -0.2) is 4.98 Å². The molecule has 0 atom stereocenters. The van der Waals surface area contributed by atoms with Crippen LogP contribution in [-0.4, -0.2) is 15.5 Å². The fourth-order valence-corrected chi connectivity index (χ4v) is 3.90. The quantitative estimate of drug-likeness (QED) is 0.455. The molecule has 0 unspecified atom stereocenters. The molecule has 0 radical (unpaired) electrons. The molecule has 0 aliphatic heterocycles. The number of anilines is 1. The number of nitrogens with one attached hydrogen (secondary N) is 1. The van der Waals surface area contributed by atoms with Gasteiger partial charge in [0.15, 0.2) is 0 Å². The van der Waals surface area contributed by atoms with E-state index >= 15 is 0 Å². The van der Waals surface area contributed by atoms with E-state index in [2.05, 4.69) is 36.3 Å². The van der Waals surface area contributed by atoms with Crippen LogP contribution >= 0.6 is 11.3 Å². The van der Waals surface area contributed by atoms with Gasteiger partial charge in [0, 0.05) is 12.6 Å². The van der Waals surface area contributed by atoms with Gasteiger partial charge in [-0.15, -0.1) is 11.3 Å². The molecule has 0 saturated heterocycles. The van der Waals surface area contributed by atoms with Gasteiger partial charge in [-0.05, 0) is 47.2 Å². The molecular formula is C23H23N3O2S. The summed E-state index contributed by atoms with van der Waals surface area (Å²) in [5, 5.41) is 4.85. The Morgan fingerprint density at radius 1 is 1.17 bits per heavy atom. The zero-order valence-electron chi connectivity index (χ0n) is 16.7. The Labute approximate surface area is 174 Å². The number of hydrogen-bond donors (Lipinski definition) is 1. The summed E-state index contributed by atoms with van der Waals surface area (Å²) in [7, 11) is 1.89. The van der Waals surface area contributed by atoms with E-state index in [1.165, 1.54) is 16.9 Å². The second-order valence-corrected chi connectivity index (χ2v) is 8.18. The Balaban J connectivity index is 1.40. The van der Waals surface area contributed by atoms with E-state index in [-0.39, 0.29) is 5.91 Å². The molecule has 4 rings (SSSR count). The summed E-state index contributed by atoms with van der Waals surface area (Å²) in [4.78, 5) is 17.8. The molecular weight excluding hydrogens is 382 g/mol. The summed E-state index contributed by atoms with van der Waals surface area (Å²) in [6.07, 6.45) is 0. The minimum Gasteiger partial charge on any atom is -0.489 e. The van der Waals surface area contributed by atoms with E-state index in [0.29, 0.717) is 23.4 Å². The van der Waals surface area contributed by atoms with Gasteiger partial charge in [0.25, 0.3) is 5.91 Å². The third-order valence-electron chi connectivity index (χ3n) is 4.84. The number of ether oxygens (including phenoxy) is 1. The lowest BCUT2D eigenvalue weighted by Crippen LogP contribution is -2.13. The number of imidazole rings is 1. The summed E-state index contributed by atoms with van der Waals surface area (Å²) in [6, 6.07) is 17.8. The first-order valence-electron chi connectivity index (χ1n) is 9.54. The van der Waals surface area contributed by atoms with Crippen LogP contribution in [0.5, 0.6) is 5.75 Å². The number of nitrogens with zero attached hydrogens (tertiary/aromatic N) is 2. The van der Waals surface area contributed by atoms with Crippen molar-refractivity contribution in [3.63, 3.8) is 0 Å². The average molecular weight is 406 g/mol. The fraction of sp³-hybridized carbons (Fsp3) is 0.217. The van der Waals surface area contributed by atoms with E-state index in [0.717, 1.165) is 22.3 Å². The lowest BCUT2D eigenvalue weighted by atomic mass is 10.0. The van der Waals surface area contributed by atoms with E-state index < -0.39 is 0 Å². The van der Waals surface area contributed by atoms with Crippen molar-refractivity contribution in [1.82, 2.24) is 9.55 Å². The first kappa shape index (κ1) is 19.2. The maximum atomic E-state index is 12.6. The largest absolute Gasteiger partial charge is 0.489 e. The van der Waals surface area contributed by atoms with Gasteiger partial charge in [-0.2, -0.15) is 0 Å². The number of thiophene rings is 1. The van der Waals surface area contributed by atoms with E-state index in [1.807, 2.05) is 59.5 Å². The Bertz CT molecular complexity index is 1140. The smallest absolute Gasteiger partial charge is 0.268 e. The molecule has 0 saturated carbocycles. The van der Waals surface area contributed by atoms with Crippen molar-refractivity contribution in [3.05, 3.63) is 76.0 Å². The van der Waals surface area contributed by atoms with Crippen LogP contribution in [0, 0.1) is 0 Å². The minimum absolute atomic E-state index is 0.166. The molecule has 4 aromatic rings. The molecule has 148 valence electrons. The van der Waals surface area contributed by atoms with Gasteiger partial charge in [0.05, 0.1) is 15.9 Å². The number of fused-ring (bicyclic) bond motifs is 1. The second kappa shape index (κ2) is 8.09. The Hall–Kier alpha value is -3.12. The summed E-state index contributed by atoms with van der Waals surface area (Å²) >= 11 is 1.40. The molecule has 6 heteroatoms. The molecule has 2 aromatic carbocycles. The van der Waals surface area contributed by atoms with Crippen LogP contribution in [0.3, 0.4) is 0 Å². The number of rotatable bonds is 6.